The summed E-state index contributed by atoms with van der Waals surface area (Å²) in [4.78, 5) is 0. The average molecular weight is 259 g/mol. The van der Waals surface area contributed by atoms with Crippen LogP contribution in [0, 0.1) is 5.41 Å². The Hall–Kier alpha value is -1.12. The molecule has 1 aliphatic carbocycles. The summed E-state index contributed by atoms with van der Waals surface area (Å²) in [6.45, 7) is 4.78. The van der Waals surface area contributed by atoms with Gasteiger partial charge >= 0.3 is 0 Å². The van der Waals surface area contributed by atoms with Crippen molar-refractivity contribution in [1.82, 2.24) is 5.32 Å². The summed E-state index contributed by atoms with van der Waals surface area (Å²) in [5.74, 6) is 0. The number of hydrogen-bond donors (Lipinski definition) is 2. The Morgan fingerprint density at radius 3 is 2.63 bits per heavy atom. The van der Waals surface area contributed by atoms with Gasteiger partial charge in [-0.15, -0.1) is 0 Å². The predicted molar refractivity (Wildman–Crippen MR) is 80.0 cm³/mol. The van der Waals surface area contributed by atoms with Crippen LogP contribution in [0.5, 0.6) is 0 Å². The van der Waals surface area contributed by atoms with E-state index in [2.05, 4.69) is 55.6 Å². The summed E-state index contributed by atoms with van der Waals surface area (Å²) in [5, 5.41) is 12.9. The third-order valence-corrected chi connectivity index (χ3v) is 3.91. The highest BCUT2D eigenvalue weighted by molar-refractivity contribution is 5.20. The largest absolute Gasteiger partial charge is 0.396 e. The number of nitrogens with one attached hydrogen (secondary N) is 1. The van der Waals surface area contributed by atoms with Gasteiger partial charge in [-0.3, -0.25) is 0 Å². The molecule has 0 bridgehead atoms. The molecular weight excluding hydrogens is 234 g/mol. The molecule has 0 amide bonds. The van der Waals surface area contributed by atoms with Crippen molar-refractivity contribution < 1.29 is 5.11 Å². The molecule has 104 valence electrons. The summed E-state index contributed by atoms with van der Waals surface area (Å²) in [7, 11) is 0. The van der Waals surface area contributed by atoms with E-state index < -0.39 is 0 Å². The predicted octanol–water partition coefficient (Wildman–Crippen LogP) is 3.44. The lowest BCUT2D eigenvalue weighted by Gasteiger charge is -2.31. The second kappa shape index (κ2) is 6.36. The first-order valence-corrected chi connectivity index (χ1v) is 7.22. The molecule has 0 saturated heterocycles. The van der Waals surface area contributed by atoms with Crippen LogP contribution in [0.25, 0.3) is 0 Å². The molecule has 2 heteroatoms. The molecule has 19 heavy (non-hydrogen) atoms. The van der Waals surface area contributed by atoms with Crippen LogP contribution in [0.2, 0.25) is 0 Å². The van der Waals surface area contributed by atoms with Crippen molar-refractivity contribution in [3.63, 3.8) is 0 Å². The average Bonchev–Trinajstić information content (AvgIpc) is 2.41. The Labute approximate surface area is 116 Å². The summed E-state index contributed by atoms with van der Waals surface area (Å²) < 4.78 is 0. The molecule has 0 fully saturated rings. The van der Waals surface area contributed by atoms with Gasteiger partial charge in [-0.1, -0.05) is 56.3 Å². The molecule has 2 rings (SSSR count). The minimum atomic E-state index is 0.217. The fourth-order valence-corrected chi connectivity index (χ4v) is 2.64. The lowest BCUT2D eigenvalue weighted by Crippen LogP contribution is -2.35. The Morgan fingerprint density at radius 1 is 1.32 bits per heavy atom. The van der Waals surface area contributed by atoms with Crippen molar-refractivity contribution in [3.8, 4) is 0 Å². The molecule has 0 heterocycles. The lowest BCUT2D eigenvalue weighted by molar-refractivity contribution is 0.256. The topological polar surface area (TPSA) is 32.3 Å². The molecule has 1 aliphatic rings. The van der Waals surface area contributed by atoms with Crippen LogP contribution in [-0.2, 0) is 0 Å². The molecule has 0 saturated carbocycles. The Bertz CT molecular complexity index is 411. The van der Waals surface area contributed by atoms with Gasteiger partial charge in [-0.05, 0) is 30.2 Å². The monoisotopic (exact) mass is 259 g/mol. The number of rotatable bonds is 5. The van der Waals surface area contributed by atoms with Gasteiger partial charge in [0.2, 0.25) is 0 Å². The Morgan fingerprint density at radius 2 is 2.05 bits per heavy atom. The maximum Gasteiger partial charge on any atom is 0.0449 e. The van der Waals surface area contributed by atoms with E-state index in [0.29, 0.717) is 11.5 Å². The Balaban J connectivity index is 2.02. The number of aliphatic hydroxyl groups is 1. The highest BCUT2D eigenvalue weighted by Gasteiger charge is 2.23. The molecule has 1 aromatic carbocycles. The van der Waals surface area contributed by atoms with E-state index in [1.54, 1.807) is 0 Å². The summed E-state index contributed by atoms with van der Waals surface area (Å²) >= 11 is 0. The standard InChI is InChI=1S/C17H25NO/c1-17(2)11-8-15(9-12-17)18-16(10-13-19)14-6-4-3-5-7-14/h3-8,11,15-16,18-19H,9-10,12-13H2,1-2H3/t15-,16-/m1/s1. The molecule has 0 spiro atoms. The molecule has 0 aliphatic heterocycles. The van der Waals surface area contributed by atoms with E-state index in [1.807, 2.05) is 6.07 Å². The van der Waals surface area contributed by atoms with Crippen molar-refractivity contribution in [3.05, 3.63) is 48.0 Å². The fraction of sp³-hybridized carbons (Fsp3) is 0.529. The summed E-state index contributed by atoms with van der Waals surface area (Å²) in [6, 6.07) is 11.1. The smallest absolute Gasteiger partial charge is 0.0449 e. The van der Waals surface area contributed by atoms with Crippen molar-refractivity contribution in [2.24, 2.45) is 5.41 Å². The molecule has 0 aromatic heterocycles. The maximum absolute atomic E-state index is 9.25. The van der Waals surface area contributed by atoms with E-state index in [0.717, 1.165) is 12.8 Å². The van der Waals surface area contributed by atoms with E-state index in [9.17, 15) is 5.11 Å². The second-order valence-electron chi connectivity index (χ2n) is 6.14. The fourth-order valence-electron chi connectivity index (χ4n) is 2.64. The minimum Gasteiger partial charge on any atom is -0.396 e. The maximum atomic E-state index is 9.25. The van der Waals surface area contributed by atoms with Crippen LogP contribution >= 0.6 is 0 Å². The van der Waals surface area contributed by atoms with E-state index in [-0.39, 0.29) is 12.6 Å². The number of aliphatic hydroxyl groups excluding tert-OH is 1. The van der Waals surface area contributed by atoms with Crippen LogP contribution < -0.4 is 5.32 Å². The number of hydrogen-bond acceptors (Lipinski definition) is 2. The van der Waals surface area contributed by atoms with Crippen LogP contribution in [0.3, 0.4) is 0 Å². The molecule has 2 atom stereocenters. The third-order valence-electron chi connectivity index (χ3n) is 3.91. The van der Waals surface area contributed by atoms with E-state index >= 15 is 0 Å². The first-order chi connectivity index (χ1) is 9.11. The number of allylic oxidation sites excluding steroid dienone is 1. The lowest BCUT2D eigenvalue weighted by atomic mass is 9.81. The summed E-state index contributed by atoms with van der Waals surface area (Å²) in [6.07, 6.45) is 7.74. The van der Waals surface area contributed by atoms with Gasteiger partial charge in [0.25, 0.3) is 0 Å². The van der Waals surface area contributed by atoms with E-state index in [4.69, 9.17) is 0 Å². The van der Waals surface area contributed by atoms with Gasteiger partial charge in [-0.2, -0.15) is 0 Å². The highest BCUT2D eigenvalue weighted by atomic mass is 16.3. The number of benzene rings is 1. The zero-order valence-electron chi connectivity index (χ0n) is 12.0. The zero-order valence-corrected chi connectivity index (χ0v) is 12.0. The van der Waals surface area contributed by atoms with Crippen molar-refractivity contribution in [2.45, 2.75) is 45.2 Å². The van der Waals surface area contributed by atoms with Gasteiger partial charge in [-0.25, -0.2) is 0 Å². The molecule has 2 nitrogen and oxygen atoms in total. The highest BCUT2D eigenvalue weighted by Crippen LogP contribution is 2.30. The molecule has 0 radical (unpaired) electrons. The van der Waals surface area contributed by atoms with Crippen LogP contribution in [0.4, 0.5) is 0 Å². The molecule has 0 unspecified atom stereocenters. The Kier molecular flexibility index (Phi) is 4.78. The normalized spacial score (nSPS) is 23.2. The van der Waals surface area contributed by atoms with Crippen LogP contribution in [0.1, 0.15) is 44.7 Å². The molecular formula is C17H25NO. The quantitative estimate of drug-likeness (QED) is 0.794. The van der Waals surface area contributed by atoms with Gasteiger partial charge in [0.1, 0.15) is 0 Å². The first kappa shape index (κ1) is 14.3. The minimum absolute atomic E-state index is 0.217. The zero-order chi connectivity index (χ0) is 13.7. The first-order valence-electron chi connectivity index (χ1n) is 7.22. The van der Waals surface area contributed by atoms with Crippen molar-refractivity contribution in [2.75, 3.05) is 6.61 Å². The SMILES string of the molecule is CC1(C)C=C[C@@H](N[C@H](CCO)c2ccccc2)CC1. The van der Waals surface area contributed by atoms with E-state index in [1.165, 1.54) is 12.0 Å². The van der Waals surface area contributed by atoms with Gasteiger partial charge in [0.15, 0.2) is 0 Å². The van der Waals surface area contributed by atoms with Gasteiger partial charge in [0.05, 0.1) is 0 Å². The summed E-state index contributed by atoms with van der Waals surface area (Å²) in [5.41, 5.74) is 1.59. The van der Waals surface area contributed by atoms with Gasteiger partial charge in [0, 0.05) is 18.7 Å². The van der Waals surface area contributed by atoms with Gasteiger partial charge < -0.3 is 10.4 Å². The van der Waals surface area contributed by atoms with Crippen molar-refractivity contribution >= 4 is 0 Å². The van der Waals surface area contributed by atoms with Crippen LogP contribution in [0.15, 0.2) is 42.5 Å². The molecule has 2 N–H and O–H groups in total. The molecule has 1 aromatic rings. The van der Waals surface area contributed by atoms with Crippen LogP contribution in [-0.4, -0.2) is 17.8 Å². The second-order valence-corrected chi connectivity index (χ2v) is 6.14. The van der Waals surface area contributed by atoms with Crippen molar-refractivity contribution in [1.29, 1.82) is 0 Å². The third kappa shape index (κ3) is 4.19.